The van der Waals surface area contributed by atoms with Crippen LogP contribution in [0, 0.1) is 0 Å². The summed E-state index contributed by atoms with van der Waals surface area (Å²) in [5.74, 6) is 3.10. The number of ether oxygens (including phenoxy) is 3. The molecule has 0 atom stereocenters. The number of fused-ring (bicyclic) bond motifs is 1. The minimum absolute atomic E-state index is 0.525. The summed E-state index contributed by atoms with van der Waals surface area (Å²) in [5, 5.41) is 17.2. The number of aromatic nitrogens is 6. The zero-order chi connectivity index (χ0) is 29.8. The summed E-state index contributed by atoms with van der Waals surface area (Å²) in [4.78, 5) is 4.98. The molecular formula is C32H28N6O3S2. The second kappa shape index (κ2) is 12.6. The Bertz CT molecular complexity index is 1860. The maximum atomic E-state index is 5.61. The molecule has 9 nitrogen and oxygen atoms in total. The van der Waals surface area contributed by atoms with E-state index >= 15 is 0 Å². The third-order valence-electron chi connectivity index (χ3n) is 6.92. The van der Waals surface area contributed by atoms with E-state index in [1.165, 1.54) is 17.1 Å². The van der Waals surface area contributed by atoms with Gasteiger partial charge >= 0.3 is 0 Å². The molecule has 0 amide bonds. The lowest BCUT2D eigenvalue weighted by molar-refractivity contribution is 0.324. The summed E-state index contributed by atoms with van der Waals surface area (Å²) in [5.41, 5.74) is 6.42. The minimum atomic E-state index is 0.525. The molecule has 0 N–H and O–H groups in total. The SMILES string of the molecule is C=CCn1c(SCc2ccc(-c3csnn3)cc2)nnc1-c1cc(-c2cc(OC)c(OC)c(OC)c2)nc2ccccc12. The van der Waals surface area contributed by atoms with Gasteiger partial charge in [0.1, 0.15) is 5.69 Å². The molecule has 0 unspecified atom stereocenters. The first-order valence-electron chi connectivity index (χ1n) is 13.4. The van der Waals surface area contributed by atoms with E-state index in [2.05, 4.69) is 61.3 Å². The zero-order valence-electron chi connectivity index (χ0n) is 23.9. The number of thioether (sulfide) groups is 1. The smallest absolute Gasteiger partial charge is 0.203 e. The monoisotopic (exact) mass is 608 g/mol. The van der Waals surface area contributed by atoms with E-state index < -0.39 is 0 Å². The van der Waals surface area contributed by atoms with Crippen molar-refractivity contribution in [1.82, 2.24) is 29.3 Å². The van der Waals surface area contributed by atoms with E-state index in [0.29, 0.717) is 23.8 Å². The van der Waals surface area contributed by atoms with Gasteiger partial charge < -0.3 is 14.2 Å². The third-order valence-corrected chi connectivity index (χ3v) is 8.47. The van der Waals surface area contributed by atoms with Crippen LogP contribution in [0.4, 0.5) is 0 Å². The van der Waals surface area contributed by atoms with Crippen LogP contribution in [-0.4, -0.2) is 50.7 Å². The molecule has 0 bridgehead atoms. The molecular weight excluding hydrogens is 581 g/mol. The van der Waals surface area contributed by atoms with E-state index in [9.17, 15) is 0 Å². The Hall–Kier alpha value is -4.74. The highest BCUT2D eigenvalue weighted by atomic mass is 32.2. The number of nitrogens with zero attached hydrogens (tertiary/aromatic N) is 6. The lowest BCUT2D eigenvalue weighted by atomic mass is 10.0. The summed E-state index contributed by atoms with van der Waals surface area (Å²) in [6.07, 6.45) is 1.86. The van der Waals surface area contributed by atoms with Crippen molar-refractivity contribution in [2.24, 2.45) is 0 Å². The van der Waals surface area contributed by atoms with Crippen LogP contribution in [0.15, 0.2) is 89.9 Å². The largest absolute Gasteiger partial charge is 0.493 e. The number of rotatable bonds is 11. The van der Waals surface area contributed by atoms with Gasteiger partial charge in [-0.15, -0.1) is 21.9 Å². The van der Waals surface area contributed by atoms with Crippen LogP contribution in [0.3, 0.4) is 0 Å². The molecule has 6 aromatic rings. The topological polar surface area (TPSA) is 97.1 Å². The van der Waals surface area contributed by atoms with Gasteiger partial charge in [-0.2, -0.15) is 0 Å². The molecule has 43 heavy (non-hydrogen) atoms. The quantitative estimate of drug-likeness (QED) is 0.112. The van der Waals surface area contributed by atoms with Crippen LogP contribution in [0.25, 0.3) is 44.8 Å². The first kappa shape index (κ1) is 28.4. The van der Waals surface area contributed by atoms with E-state index in [1.807, 2.05) is 47.9 Å². The number of pyridine rings is 1. The average Bonchev–Trinajstić information content (AvgIpc) is 3.74. The Labute approximate surface area is 257 Å². The minimum Gasteiger partial charge on any atom is -0.493 e. The highest BCUT2D eigenvalue weighted by Crippen LogP contribution is 2.42. The predicted octanol–water partition coefficient (Wildman–Crippen LogP) is 7.18. The van der Waals surface area contributed by atoms with Crippen LogP contribution >= 0.6 is 23.3 Å². The molecule has 11 heteroatoms. The van der Waals surface area contributed by atoms with Crippen molar-refractivity contribution in [3.8, 4) is 51.2 Å². The Morgan fingerprint density at radius 2 is 1.63 bits per heavy atom. The summed E-state index contributed by atoms with van der Waals surface area (Å²) in [6, 6.07) is 22.2. The summed E-state index contributed by atoms with van der Waals surface area (Å²) >= 11 is 2.98. The van der Waals surface area contributed by atoms with Crippen molar-refractivity contribution in [3.63, 3.8) is 0 Å². The number of allylic oxidation sites excluding steroid dienone is 1. The van der Waals surface area contributed by atoms with E-state index in [0.717, 1.165) is 55.7 Å². The number of methoxy groups -OCH3 is 3. The van der Waals surface area contributed by atoms with E-state index in [-0.39, 0.29) is 0 Å². The standard InChI is InChI=1S/C32H28N6O3S2/c1-5-14-38-31(35-36-32(38)42-18-20-10-12-21(13-11-20)27-19-43-37-34-27)24-17-26(33-25-9-7-6-8-23(24)25)22-15-28(39-2)30(41-4)29(16-22)40-3/h5-13,15-17,19H,1,14,18H2,2-4H3. The van der Waals surface area contributed by atoms with Crippen molar-refractivity contribution in [3.05, 3.63) is 90.3 Å². The molecule has 0 aliphatic rings. The van der Waals surface area contributed by atoms with Crippen LogP contribution in [0.5, 0.6) is 17.2 Å². The third kappa shape index (κ3) is 5.69. The number of hydrogen-bond acceptors (Lipinski definition) is 10. The summed E-state index contributed by atoms with van der Waals surface area (Å²) in [6.45, 7) is 4.55. The highest BCUT2D eigenvalue weighted by molar-refractivity contribution is 7.98. The molecule has 0 saturated heterocycles. The van der Waals surface area contributed by atoms with Crippen LogP contribution < -0.4 is 14.2 Å². The maximum absolute atomic E-state index is 5.61. The molecule has 3 aromatic heterocycles. The van der Waals surface area contributed by atoms with Gasteiger partial charge in [0.15, 0.2) is 22.5 Å². The van der Waals surface area contributed by atoms with Crippen LogP contribution in [-0.2, 0) is 12.3 Å². The Morgan fingerprint density at radius 1 is 0.860 bits per heavy atom. The maximum Gasteiger partial charge on any atom is 0.203 e. The van der Waals surface area contributed by atoms with Gasteiger partial charge in [0.2, 0.25) is 5.75 Å². The van der Waals surface area contributed by atoms with Crippen molar-refractivity contribution in [2.75, 3.05) is 21.3 Å². The van der Waals surface area contributed by atoms with E-state index in [4.69, 9.17) is 19.2 Å². The Morgan fingerprint density at radius 3 is 2.30 bits per heavy atom. The summed E-state index contributed by atoms with van der Waals surface area (Å²) in [7, 11) is 4.79. The lowest BCUT2D eigenvalue weighted by Gasteiger charge is -2.15. The predicted molar refractivity (Wildman–Crippen MR) is 171 cm³/mol. The number of benzene rings is 3. The molecule has 0 aliphatic carbocycles. The molecule has 0 aliphatic heterocycles. The molecule has 0 spiro atoms. The van der Waals surface area contributed by atoms with Gasteiger partial charge in [-0.3, -0.25) is 4.57 Å². The van der Waals surface area contributed by atoms with Crippen LogP contribution in [0.1, 0.15) is 5.56 Å². The fourth-order valence-electron chi connectivity index (χ4n) is 4.84. The molecule has 216 valence electrons. The second-order valence-electron chi connectivity index (χ2n) is 9.47. The van der Waals surface area contributed by atoms with Gasteiger partial charge in [0.05, 0.1) is 32.5 Å². The van der Waals surface area contributed by atoms with Crippen LogP contribution in [0.2, 0.25) is 0 Å². The molecule has 3 heterocycles. The van der Waals surface area contributed by atoms with Gasteiger partial charge in [-0.05, 0) is 41.4 Å². The summed E-state index contributed by atoms with van der Waals surface area (Å²) < 4.78 is 22.8. The fourth-order valence-corrected chi connectivity index (χ4v) is 6.20. The van der Waals surface area contributed by atoms with E-state index in [1.54, 1.807) is 33.1 Å². The van der Waals surface area contributed by atoms with Crippen molar-refractivity contribution in [1.29, 1.82) is 0 Å². The number of hydrogen-bond donors (Lipinski definition) is 0. The van der Waals surface area contributed by atoms with Gasteiger partial charge in [0, 0.05) is 39.8 Å². The first-order valence-corrected chi connectivity index (χ1v) is 15.2. The average molecular weight is 609 g/mol. The van der Waals surface area contributed by atoms with Gasteiger partial charge in [-0.25, -0.2) is 4.98 Å². The normalized spacial score (nSPS) is 11.0. The Balaban J connectivity index is 1.38. The lowest BCUT2D eigenvalue weighted by Crippen LogP contribution is -2.02. The molecule has 6 rings (SSSR count). The van der Waals surface area contributed by atoms with Crippen molar-refractivity contribution in [2.45, 2.75) is 17.5 Å². The first-order chi connectivity index (χ1) is 21.1. The molecule has 0 radical (unpaired) electrons. The number of para-hydroxylation sites is 1. The molecule has 0 fully saturated rings. The molecule has 0 saturated carbocycles. The molecule has 3 aromatic carbocycles. The van der Waals surface area contributed by atoms with Crippen molar-refractivity contribution < 1.29 is 14.2 Å². The van der Waals surface area contributed by atoms with Crippen molar-refractivity contribution >= 4 is 34.2 Å². The zero-order valence-corrected chi connectivity index (χ0v) is 25.5. The highest BCUT2D eigenvalue weighted by Gasteiger charge is 2.20. The van der Waals surface area contributed by atoms with Gasteiger partial charge in [-0.1, -0.05) is 64.8 Å². The Kier molecular flexibility index (Phi) is 8.34. The van der Waals surface area contributed by atoms with Gasteiger partial charge in [0.25, 0.3) is 0 Å². The second-order valence-corrected chi connectivity index (χ2v) is 11.0. The fraction of sp³-hybridized carbons (Fsp3) is 0.156.